The van der Waals surface area contributed by atoms with Crippen LogP contribution in [-0.2, 0) is 12.7 Å². The smallest absolute Gasteiger partial charge is 0.309 e. The minimum absolute atomic E-state index is 0.211. The SMILES string of the molecule is Cc1cccnc1-c1nc(C(F)(F)F)c(CNC2CC2)s1. The third-order valence-electron chi connectivity index (χ3n) is 3.31. The molecule has 0 spiro atoms. The van der Waals surface area contributed by atoms with E-state index in [2.05, 4.69) is 15.3 Å². The van der Waals surface area contributed by atoms with Crippen molar-refractivity contribution in [1.82, 2.24) is 15.3 Å². The highest BCUT2D eigenvalue weighted by molar-refractivity contribution is 7.15. The summed E-state index contributed by atoms with van der Waals surface area (Å²) >= 11 is 1.07. The number of nitrogens with zero attached hydrogens (tertiary/aromatic N) is 2. The fourth-order valence-corrected chi connectivity index (χ4v) is 3.12. The molecule has 3 rings (SSSR count). The van der Waals surface area contributed by atoms with Crippen LogP contribution in [0.3, 0.4) is 0 Å². The van der Waals surface area contributed by atoms with Gasteiger partial charge in [-0.15, -0.1) is 11.3 Å². The summed E-state index contributed by atoms with van der Waals surface area (Å²) in [6, 6.07) is 3.93. The van der Waals surface area contributed by atoms with Gasteiger partial charge in [0.05, 0.1) is 4.88 Å². The normalized spacial score (nSPS) is 15.4. The molecule has 1 N–H and O–H groups in total. The second kappa shape index (κ2) is 5.38. The molecule has 0 atom stereocenters. The molecule has 21 heavy (non-hydrogen) atoms. The van der Waals surface area contributed by atoms with Crippen molar-refractivity contribution in [2.75, 3.05) is 0 Å². The largest absolute Gasteiger partial charge is 0.434 e. The lowest BCUT2D eigenvalue weighted by Crippen LogP contribution is -2.18. The summed E-state index contributed by atoms with van der Waals surface area (Å²) < 4.78 is 39.3. The van der Waals surface area contributed by atoms with Crippen LogP contribution in [0.15, 0.2) is 18.3 Å². The van der Waals surface area contributed by atoms with Crippen LogP contribution in [0, 0.1) is 6.92 Å². The van der Waals surface area contributed by atoms with Gasteiger partial charge in [0.25, 0.3) is 0 Å². The van der Waals surface area contributed by atoms with Gasteiger partial charge >= 0.3 is 6.18 Å². The van der Waals surface area contributed by atoms with Crippen molar-refractivity contribution in [2.45, 2.75) is 38.5 Å². The van der Waals surface area contributed by atoms with Gasteiger partial charge in [-0.1, -0.05) is 6.07 Å². The molecule has 1 aliphatic rings. The number of halogens is 3. The maximum atomic E-state index is 13.1. The van der Waals surface area contributed by atoms with E-state index in [0.717, 1.165) is 29.7 Å². The predicted molar refractivity (Wildman–Crippen MR) is 74.9 cm³/mol. The van der Waals surface area contributed by atoms with Crippen molar-refractivity contribution >= 4 is 11.3 Å². The van der Waals surface area contributed by atoms with Gasteiger partial charge in [-0.3, -0.25) is 4.98 Å². The Bertz CT molecular complexity index is 647. The van der Waals surface area contributed by atoms with Gasteiger partial charge < -0.3 is 5.32 Å². The number of alkyl halides is 3. The van der Waals surface area contributed by atoms with Crippen molar-refractivity contribution in [3.63, 3.8) is 0 Å². The molecule has 0 bridgehead atoms. The van der Waals surface area contributed by atoms with E-state index in [4.69, 9.17) is 0 Å². The van der Waals surface area contributed by atoms with Crippen LogP contribution in [-0.4, -0.2) is 16.0 Å². The number of aromatic nitrogens is 2. The Balaban J connectivity index is 1.96. The van der Waals surface area contributed by atoms with Crippen molar-refractivity contribution < 1.29 is 13.2 Å². The Kier molecular flexibility index (Phi) is 3.71. The minimum atomic E-state index is -4.43. The standard InChI is InChI=1S/C14H14F3N3S/c1-8-3-2-6-18-11(8)13-20-12(14(15,16)17)10(21-13)7-19-9-4-5-9/h2-3,6,9,19H,4-5,7H2,1H3. The van der Waals surface area contributed by atoms with Crippen LogP contribution in [0.4, 0.5) is 13.2 Å². The molecule has 2 heterocycles. The fraction of sp³-hybridized carbons (Fsp3) is 0.429. The zero-order chi connectivity index (χ0) is 15.0. The van der Waals surface area contributed by atoms with Crippen LogP contribution in [0.2, 0.25) is 0 Å². The first-order chi connectivity index (χ1) is 9.95. The number of nitrogens with one attached hydrogen (secondary N) is 1. The predicted octanol–water partition coefficient (Wildman–Crippen LogP) is 3.78. The molecule has 112 valence electrons. The molecule has 1 fully saturated rings. The van der Waals surface area contributed by atoms with Crippen molar-refractivity contribution in [2.24, 2.45) is 0 Å². The lowest BCUT2D eigenvalue weighted by atomic mass is 10.2. The Morgan fingerprint density at radius 1 is 1.38 bits per heavy atom. The van der Waals surface area contributed by atoms with Gasteiger partial charge in [0, 0.05) is 18.8 Å². The van der Waals surface area contributed by atoms with Gasteiger partial charge in [-0.05, 0) is 31.4 Å². The molecule has 0 unspecified atom stereocenters. The molecule has 2 aromatic heterocycles. The van der Waals surface area contributed by atoms with E-state index < -0.39 is 11.9 Å². The minimum Gasteiger partial charge on any atom is -0.309 e. The molecule has 0 aromatic carbocycles. The van der Waals surface area contributed by atoms with E-state index >= 15 is 0 Å². The molecule has 2 aromatic rings. The van der Waals surface area contributed by atoms with Gasteiger partial charge in [0.15, 0.2) is 5.69 Å². The summed E-state index contributed by atoms with van der Waals surface area (Å²) in [6.07, 6.45) is -0.796. The van der Waals surface area contributed by atoms with Crippen molar-refractivity contribution in [3.05, 3.63) is 34.5 Å². The average Bonchev–Trinajstić information content (AvgIpc) is 3.14. The Hall–Kier alpha value is -1.47. The first-order valence-corrected chi connectivity index (χ1v) is 7.49. The van der Waals surface area contributed by atoms with Crippen molar-refractivity contribution in [3.8, 4) is 10.7 Å². The van der Waals surface area contributed by atoms with E-state index in [1.807, 2.05) is 13.0 Å². The third-order valence-corrected chi connectivity index (χ3v) is 4.37. The molecule has 1 saturated carbocycles. The molecule has 0 saturated heterocycles. The number of aryl methyl sites for hydroxylation is 1. The lowest BCUT2D eigenvalue weighted by Gasteiger charge is -2.06. The molecule has 1 aliphatic carbocycles. The summed E-state index contributed by atoms with van der Waals surface area (Å²) in [5, 5.41) is 3.44. The van der Waals surface area contributed by atoms with Crippen LogP contribution < -0.4 is 5.32 Å². The third kappa shape index (κ3) is 3.24. The number of thiazole rings is 1. The zero-order valence-corrected chi connectivity index (χ0v) is 12.2. The molecule has 7 heteroatoms. The fourth-order valence-electron chi connectivity index (χ4n) is 2.03. The molecular weight excluding hydrogens is 299 g/mol. The molecule has 0 amide bonds. The second-order valence-corrected chi connectivity index (χ2v) is 6.20. The Morgan fingerprint density at radius 2 is 2.14 bits per heavy atom. The van der Waals surface area contributed by atoms with E-state index in [9.17, 15) is 13.2 Å². The van der Waals surface area contributed by atoms with Crippen LogP contribution in [0.25, 0.3) is 10.7 Å². The maximum absolute atomic E-state index is 13.1. The summed E-state index contributed by atoms with van der Waals surface area (Å²) in [4.78, 5) is 8.19. The van der Waals surface area contributed by atoms with Gasteiger partial charge in [0.1, 0.15) is 10.7 Å². The van der Waals surface area contributed by atoms with E-state index in [1.165, 1.54) is 0 Å². The van der Waals surface area contributed by atoms with Crippen LogP contribution in [0.1, 0.15) is 29.0 Å². The quantitative estimate of drug-likeness (QED) is 0.933. The van der Waals surface area contributed by atoms with E-state index in [-0.39, 0.29) is 11.4 Å². The summed E-state index contributed by atoms with van der Waals surface area (Å²) in [5.41, 5.74) is 0.549. The van der Waals surface area contributed by atoms with Crippen LogP contribution in [0.5, 0.6) is 0 Å². The molecule has 0 radical (unpaired) electrons. The molecular formula is C14H14F3N3S. The topological polar surface area (TPSA) is 37.8 Å². The number of hydrogen-bond acceptors (Lipinski definition) is 4. The zero-order valence-electron chi connectivity index (χ0n) is 11.4. The number of rotatable bonds is 4. The summed E-state index contributed by atoms with van der Waals surface area (Å²) in [5.74, 6) is 0. The van der Waals surface area contributed by atoms with Gasteiger partial charge in [-0.2, -0.15) is 13.2 Å². The Labute approximate surface area is 124 Å². The first kappa shape index (κ1) is 14.5. The van der Waals surface area contributed by atoms with Crippen molar-refractivity contribution in [1.29, 1.82) is 0 Å². The monoisotopic (exact) mass is 313 g/mol. The highest BCUT2D eigenvalue weighted by Gasteiger charge is 2.38. The number of hydrogen-bond donors (Lipinski definition) is 1. The average molecular weight is 313 g/mol. The molecule has 3 nitrogen and oxygen atoms in total. The van der Waals surface area contributed by atoms with Gasteiger partial charge in [-0.25, -0.2) is 4.98 Å². The first-order valence-electron chi connectivity index (χ1n) is 6.67. The molecule has 0 aliphatic heterocycles. The maximum Gasteiger partial charge on any atom is 0.434 e. The van der Waals surface area contributed by atoms with E-state index in [1.54, 1.807) is 12.3 Å². The Morgan fingerprint density at radius 3 is 2.76 bits per heavy atom. The second-order valence-electron chi connectivity index (χ2n) is 5.11. The summed E-state index contributed by atoms with van der Waals surface area (Å²) in [6.45, 7) is 2.03. The lowest BCUT2D eigenvalue weighted by molar-refractivity contribution is -0.141. The summed E-state index contributed by atoms with van der Waals surface area (Å²) in [7, 11) is 0. The van der Waals surface area contributed by atoms with E-state index in [0.29, 0.717) is 16.7 Å². The van der Waals surface area contributed by atoms with Crippen LogP contribution >= 0.6 is 11.3 Å². The number of pyridine rings is 1. The highest BCUT2D eigenvalue weighted by Crippen LogP contribution is 2.38. The van der Waals surface area contributed by atoms with Gasteiger partial charge in [0.2, 0.25) is 0 Å². The highest BCUT2D eigenvalue weighted by atomic mass is 32.1.